The molecule has 1 N–H and O–H groups in total. The SMILES string of the molecule is COc1ccc(Nc2cc(Cl)c(C)c(Cl)c2)cc1. The van der Waals surface area contributed by atoms with Crippen LogP contribution in [0.4, 0.5) is 11.4 Å². The van der Waals surface area contributed by atoms with E-state index in [-0.39, 0.29) is 0 Å². The Morgan fingerprint density at radius 2 is 1.50 bits per heavy atom. The molecule has 18 heavy (non-hydrogen) atoms. The van der Waals surface area contributed by atoms with Crippen LogP contribution in [0.2, 0.25) is 10.0 Å². The molecule has 0 bridgehead atoms. The topological polar surface area (TPSA) is 21.3 Å². The van der Waals surface area contributed by atoms with Crippen molar-refractivity contribution in [2.45, 2.75) is 6.92 Å². The molecule has 2 aromatic carbocycles. The van der Waals surface area contributed by atoms with Gasteiger partial charge in [0, 0.05) is 21.4 Å². The van der Waals surface area contributed by atoms with Crippen molar-refractivity contribution in [3.05, 3.63) is 52.0 Å². The molecule has 4 heteroatoms. The van der Waals surface area contributed by atoms with Crippen LogP contribution in [0, 0.1) is 6.92 Å². The molecule has 2 rings (SSSR count). The Morgan fingerprint density at radius 1 is 0.944 bits per heavy atom. The molecular weight excluding hydrogens is 269 g/mol. The van der Waals surface area contributed by atoms with Crippen LogP contribution in [0.1, 0.15) is 5.56 Å². The summed E-state index contributed by atoms with van der Waals surface area (Å²) < 4.78 is 5.10. The lowest BCUT2D eigenvalue weighted by molar-refractivity contribution is 0.415. The van der Waals surface area contributed by atoms with Gasteiger partial charge >= 0.3 is 0 Å². The van der Waals surface area contributed by atoms with Crippen LogP contribution in [-0.2, 0) is 0 Å². The Morgan fingerprint density at radius 3 is 2.00 bits per heavy atom. The highest BCUT2D eigenvalue weighted by Gasteiger charge is 2.04. The van der Waals surface area contributed by atoms with Gasteiger partial charge in [-0.25, -0.2) is 0 Å². The zero-order chi connectivity index (χ0) is 13.1. The second kappa shape index (κ2) is 5.51. The van der Waals surface area contributed by atoms with E-state index in [1.54, 1.807) is 7.11 Å². The van der Waals surface area contributed by atoms with Crippen molar-refractivity contribution >= 4 is 34.6 Å². The third kappa shape index (κ3) is 2.89. The van der Waals surface area contributed by atoms with E-state index in [1.165, 1.54) is 0 Å². The van der Waals surface area contributed by atoms with Crippen LogP contribution in [0.5, 0.6) is 5.75 Å². The first-order valence-corrected chi connectivity index (χ1v) is 6.22. The Balaban J connectivity index is 2.23. The first-order chi connectivity index (χ1) is 8.60. The van der Waals surface area contributed by atoms with Gasteiger partial charge in [0.1, 0.15) is 5.75 Å². The summed E-state index contributed by atoms with van der Waals surface area (Å²) in [5.74, 6) is 0.820. The highest BCUT2D eigenvalue weighted by Crippen LogP contribution is 2.30. The lowest BCUT2D eigenvalue weighted by Crippen LogP contribution is -1.92. The lowest BCUT2D eigenvalue weighted by Gasteiger charge is -2.10. The average molecular weight is 282 g/mol. The molecule has 0 aliphatic carbocycles. The van der Waals surface area contributed by atoms with Crippen molar-refractivity contribution in [2.75, 3.05) is 12.4 Å². The zero-order valence-electron chi connectivity index (χ0n) is 10.1. The summed E-state index contributed by atoms with van der Waals surface area (Å²) in [6.07, 6.45) is 0. The minimum atomic E-state index is 0.651. The van der Waals surface area contributed by atoms with Crippen molar-refractivity contribution in [1.82, 2.24) is 0 Å². The molecule has 0 amide bonds. The van der Waals surface area contributed by atoms with E-state index >= 15 is 0 Å². The van der Waals surface area contributed by atoms with Gasteiger partial charge in [-0.3, -0.25) is 0 Å². The molecule has 0 fully saturated rings. The molecule has 2 nitrogen and oxygen atoms in total. The Kier molecular flexibility index (Phi) is 4.00. The van der Waals surface area contributed by atoms with Gasteiger partial charge in [0.05, 0.1) is 7.11 Å². The molecule has 0 aliphatic rings. The predicted molar refractivity (Wildman–Crippen MR) is 77.5 cm³/mol. The second-order valence-electron chi connectivity index (χ2n) is 3.92. The van der Waals surface area contributed by atoms with E-state index in [0.717, 1.165) is 22.7 Å². The quantitative estimate of drug-likeness (QED) is 0.850. The number of methoxy groups -OCH3 is 1. The minimum absolute atomic E-state index is 0.651. The fraction of sp³-hybridized carbons (Fsp3) is 0.143. The molecule has 94 valence electrons. The first kappa shape index (κ1) is 13.1. The molecule has 0 aliphatic heterocycles. The van der Waals surface area contributed by atoms with E-state index in [0.29, 0.717) is 10.0 Å². The summed E-state index contributed by atoms with van der Waals surface area (Å²) in [5.41, 5.74) is 2.70. The highest BCUT2D eigenvalue weighted by atomic mass is 35.5. The van der Waals surface area contributed by atoms with E-state index < -0.39 is 0 Å². The van der Waals surface area contributed by atoms with Crippen LogP contribution >= 0.6 is 23.2 Å². The van der Waals surface area contributed by atoms with Crippen LogP contribution in [0.15, 0.2) is 36.4 Å². The molecule has 0 heterocycles. The largest absolute Gasteiger partial charge is 0.497 e. The molecule has 2 aromatic rings. The van der Waals surface area contributed by atoms with Gasteiger partial charge in [-0.15, -0.1) is 0 Å². The predicted octanol–water partition coefficient (Wildman–Crippen LogP) is 5.05. The number of benzene rings is 2. The van der Waals surface area contributed by atoms with Gasteiger partial charge in [-0.05, 0) is 48.9 Å². The first-order valence-electron chi connectivity index (χ1n) is 5.47. The Hall–Kier alpha value is -1.38. The van der Waals surface area contributed by atoms with Crippen LogP contribution in [0.25, 0.3) is 0 Å². The fourth-order valence-corrected chi connectivity index (χ4v) is 2.05. The summed E-state index contributed by atoms with van der Waals surface area (Å²) in [4.78, 5) is 0. The summed E-state index contributed by atoms with van der Waals surface area (Å²) >= 11 is 12.2. The van der Waals surface area contributed by atoms with Crippen molar-refractivity contribution in [3.63, 3.8) is 0 Å². The zero-order valence-corrected chi connectivity index (χ0v) is 11.6. The van der Waals surface area contributed by atoms with Gasteiger partial charge < -0.3 is 10.1 Å². The number of hydrogen-bond donors (Lipinski definition) is 1. The van der Waals surface area contributed by atoms with Gasteiger partial charge in [-0.1, -0.05) is 23.2 Å². The van der Waals surface area contributed by atoms with Crippen LogP contribution in [-0.4, -0.2) is 7.11 Å². The van der Waals surface area contributed by atoms with E-state index in [1.807, 2.05) is 43.3 Å². The molecule has 0 unspecified atom stereocenters. The van der Waals surface area contributed by atoms with E-state index in [4.69, 9.17) is 27.9 Å². The number of nitrogens with one attached hydrogen (secondary N) is 1. The minimum Gasteiger partial charge on any atom is -0.497 e. The fourth-order valence-electron chi connectivity index (χ4n) is 1.56. The Labute approximate surface area is 116 Å². The van der Waals surface area contributed by atoms with Crippen molar-refractivity contribution in [2.24, 2.45) is 0 Å². The second-order valence-corrected chi connectivity index (χ2v) is 4.73. The summed E-state index contributed by atoms with van der Waals surface area (Å²) in [7, 11) is 1.64. The maximum absolute atomic E-state index is 6.09. The van der Waals surface area contributed by atoms with Crippen LogP contribution in [0.3, 0.4) is 0 Å². The number of rotatable bonds is 3. The van der Waals surface area contributed by atoms with E-state index in [9.17, 15) is 0 Å². The number of halogens is 2. The van der Waals surface area contributed by atoms with Gasteiger partial charge in [0.15, 0.2) is 0 Å². The summed E-state index contributed by atoms with van der Waals surface area (Å²) in [5, 5.41) is 4.54. The molecular formula is C14H13Cl2NO. The third-order valence-corrected chi connectivity index (χ3v) is 3.44. The maximum atomic E-state index is 6.09. The number of anilines is 2. The average Bonchev–Trinajstić information content (AvgIpc) is 2.37. The third-order valence-electron chi connectivity index (χ3n) is 2.66. The standard InChI is InChI=1S/C14H13Cl2NO/c1-9-13(15)7-11(8-14(9)16)17-10-3-5-12(18-2)6-4-10/h3-8,17H,1-2H3. The van der Waals surface area contributed by atoms with Gasteiger partial charge in [0.25, 0.3) is 0 Å². The highest BCUT2D eigenvalue weighted by molar-refractivity contribution is 6.36. The lowest BCUT2D eigenvalue weighted by atomic mass is 10.2. The smallest absolute Gasteiger partial charge is 0.119 e. The molecule has 0 atom stereocenters. The molecule has 0 saturated heterocycles. The summed E-state index contributed by atoms with van der Waals surface area (Å²) in [6, 6.07) is 11.3. The molecule has 0 aromatic heterocycles. The van der Waals surface area contributed by atoms with Crippen molar-refractivity contribution < 1.29 is 4.74 Å². The monoisotopic (exact) mass is 281 g/mol. The number of hydrogen-bond acceptors (Lipinski definition) is 2. The van der Waals surface area contributed by atoms with Crippen molar-refractivity contribution in [1.29, 1.82) is 0 Å². The summed E-state index contributed by atoms with van der Waals surface area (Å²) in [6.45, 7) is 1.89. The van der Waals surface area contributed by atoms with Gasteiger partial charge in [-0.2, -0.15) is 0 Å². The maximum Gasteiger partial charge on any atom is 0.119 e. The normalized spacial score (nSPS) is 10.2. The van der Waals surface area contributed by atoms with Crippen molar-refractivity contribution in [3.8, 4) is 5.75 Å². The number of ether oxygens (including phenoxy) is 1. The Bertz CT molecular complexity index is 529. The molecule has 0 saturated carbocycles. The molecule has 0 radical (unpaired) electrons. The van der Waals surface area contributed by atoms with E-state index in [2.05, 4.69) is 5.32 Å². The van der Waals surface area contributed by atoms with Crippen LogP contribution < -0.4 is 10.1 Å². The van der Waals surface area contributed by atoms with Gasteiger partial charge in [0.2, 0.25) is 0 Å². The molecule has 0 spiro atoms.